The van der Waals surface area contributed by atoms with Gasteiger partial charge < -0.3 is 20.4 Å². The Morgan fingerprint density at radius 2 is 2.09 bits per heavy atom. The van der Waals surface area contributed by atoms with Crippen LogP contribution in [0.25, 0.3) is 0 Å². The van der Waals surface area contributed by atoms with E-state index in [0.29, 0.717) is 31.6 Å². The molecule has 22 heavy (non-hydrogen) atoms. The molecule has 1 aliphatic heterocycles. The van der Waals surface area contributed by atoms with Crippen LogP contribution in [-0.2, 0) is 14.4 Å². The summed E-state index contributed by atoms with van der Waals surface area (Å²) >= 11 is 1.51. The molecule has 0 aromatic rings. The highest BCUT2D eigenvalue weighted by Crippen LogP contribution is 2.19. The lowest BCUT2D eigenvalue weighted by molar-refractivity contribution is -0.144. The molecule has 126 valence electrons. The molecule has 7 nitrogen and oxygen atoms in total. The number of amides is 2. The third-order valence-corrected chi connectivity index (χ3v) is 4.22. The minimum atomic E-state index is -1.07. The minimum absolute atomic E-state index is 0.0292. The maximum atomic E-state index is 12.3. The zero-order valence-electron chi connectivity index (χ0n) is 12.9. The average molecular weight is 332 g/mol. The Morgan fingerprint density at radius 3 is 2.64 bits per heavy atom. The van der Waals surface area contributed by atoms with Gasteiger partial charge in [0, 0.05) is 6.54 Å². The highest BCUT2D eigenvalue weighted by atomic mass is 32.2. The minimum Gasteiger partial charge on any atom is -0.480 e. The van der Waals surface area contributed by atoms with E-state index >= 15 is 0 Å². The van der Waals surface area contributed by atoms with E-state index in [0.717, 1.165) is 0 Å². The topological polar surface area (TPSA) is 107 Å². The predicted octanol–water partition coefficient (Wildman–Crippen LogP) is 0.0708. The second-order valence-corrected chi connectivity index (χ2v) is 6.46. The number of aliphatic hydroxyl groups is 1. The summed E-state index contributed by atoms with van der Waals surface area (Å²) in [4.78, 5) is 36.9. The van der Waals surface area contributed by atoms with Crippen LogP contribution in [0.4, 0.5) is 0 Å². The third-order valence-electron chi connectivity index (χ3n) is 3.57. The van der Waals surface area contributed by atoms with Gasteiger partial charge in [0.2, 0.25) is 11.8 Å². The summed E-state index contributed by atoms with van der Waals surface area (Å²) in [5.41, 5.74) is 0. The zero-order chi connectivity index (χ0) is 16.7. The summed E-state index contributed by atoms with van der Waals surface area (Å²) in [5, 5.41) is 21.0. The van der Waals surface area contributed by atoms with Crippen LogP contribution in [0.5, 0.6) is 0 Å². The smallest absolute Gasteiger partial charge is 0.326 e. The molecule has 0 bridgehead atoms. The van der Waals surface area contributed by atoms with Crippen LogP contribution in [0, 0.1) is 0 Å². The largest absolute Gasteiger partial charge is 0.480 e. The molecule has 8 heteroatoms. The molecule has 3 atom stereocenters. The van der Waals surface area contributed by atoms with Crippen LogP contribution < -0.4 is 5.32 Å². The van der Waals surface area contributed by atoms with Gasteiger partial charge in [-0.05, 0) is 38.2 Å². The van der Waals surface area contributed by atoms with Gasteiger partial charge in [-0.2, -0.15) is 11.8 Å². The predicted molar refractivity (Wildman–Crippen MR) is 83.6 cm³/mol. The van der Waals surface area contributed by atoms with Crippen LogP contribution in [0.3, 0.4) is 0 Å². The van der Waals surface area contributed by atoms with Crippen LogP contribution >= 0.6 is 11.8 Å². The second-order valence-electron chi connectivity index (χ2n) is 5.48. The number of nitrogens with one attached hydrogen (secondary N) is 1. The van der Waals surface area contributed by atoms with Crippen molar-refractivity contribution < 1.29 is 24.6 Å². The lowest BCUT2D eigenvalue weighted by Crippen LogP contribution is -2.51. The number of likely N-dealkylation sites (tertiary alicyclic amines) is 1. The van der Waals surface area contributed by atoms with E-state index < -0.39 is 30.1 Å². The fourth-order valence-electron chi connectivity index (χ4n) is 2.47. The molecule has 2 amide bonds. The third kappa shape index (κ3) is 5.49. The van der Waals surface area contributed by atoms with Gasteiger partial charge in [0.15, 0.2) is 0 Å². The van der Waals surface area contributed by atoms with Gasteiger partial charge >= 0.3 is 5.97 Å². The molecule has 1 fully saturated rings. The summed E-state index contributed by atoms with van der Waals surface area (Å²) < 4.78 is 0. The molecule has 0 saturated carbocycles. The maximum absolute atomic E-state index is 12.3. The molecule has 3 N–H and O–H groups in total. The molecule has 0 aromatic carbocycles. The lowest BCUT2D eigenvalue weighted by atomic mass is 10.1. The average Bonchev–Trinajstić information content (AvgIpc) is 2.91. The van der Waals surface area contributed by atoms with Crippen LogP contribution in [0.2, 0.25) is 0 Å². The number of hydrogen-bond donors (Lipinski definition) is 3. The van der Waals surface area contributed by atoms with E-state index in [2.05, 4.69) is 5.32 Å². The van der Waals surface area contributed by atoms with Crippen molar-refractivity contribution in [1.82, 2.24) is 10.2 Å². The SMILES string of the molecule is CSCC[C@H](NC(=O)[C@@H]1CCCN1C(=O)CC(C)O)C(=O)O. The second kappa shape index (κ2) is 8.99. The number of aliphatic hydroxyl groups excluding tert-OH is 1. The van der Waals surface area contributed by atoms with Crippen molar-refractivity contribution in [3.05, 3.63) is 0 Å². The number of hydrogen-bond acceptors (Lipinski definition) is 5. The highest BCUT2D eigenvalue weighted by Gasteiger charge is 2.35. The Morgan fingerprint density at radius 1 is 1.41 bits per heavy atom. The Balaban J connectivity index is 2.65. The molecular formula is C14H24N2O5S. The molecule has 0 radical (unpaired) electrons. The van der Waals surface area contributed by atoms with Crippen molar-refractivity contribution in [2.24, 2.45) is 0 Å². The molecule has 0 aromatic heterocycles. The molecule has 0 spiro atoms. The van der Waals surface area contributed by atoms with Gasteiger partial charge in [-0.3, -0.25) is 9.59 Å². The van der Waals surface area contributed by atoms with Crippen molar-refractivity contribution in [2.75, 3.05) is 18.6 Å². The summed E-state index contributed by atoms with van der Waals surface area (Å²) in [7, 11) is 0. The standard InChI is InChI=1S/C14H24N2O5S/c1-9(17)8-12(18)16-6-3-4-11(16)13(19)15-10(14(20)21)5-7-22-2/h9-11,17H,3-8H2,1-2H3,(H,15,19)(H,20,21)/t9?,10-,11-/m0/s1. The molecule has 0 aliphatic carbocycles. The lowest BCUT2D eigenvalue weighted by Gasteiger charge is -2.26. The van der Waals surface area contributed by atoms with Gasteiger partial charge in [0.05, 0.1) is 12.5 Å². The van der Waals surface area contributed by atoms with Gasteiger partial charge in [0.25, 0.3) is 0 Å². The van der Waals surface area contributed by atoms with Crippen molar-refractivity contribution >= 4 is 29.5 Å². The van der Waals surface area contributed by atoms with E-state index in [-0.39, 0.29) is 12.3 Å². The number of carboxylic acids is 1. The van der Waals surface area contributed by atoms with Crippen LogP contribution in [0.15, 0.2) is 0 Å². The van der Waals surface area contributed by atoms with Gasteiger partial charge in [-0.25, -0.2) is 4.79 Å². The van der Waals surface area contributed by atoms with Crippen LogP contribution in [-0.4, -0.2) is 69.6 Å². The number of carbonyl (C=O) groups excluding carboxylic acids is 2. The molecule has 1 aliphatic rings. The first-order valence-corrected chi connectivity index (χ1v) is 8.75. The molecule has 1 unspecified atom stereocenters. The number of nitrogens with zero attached hydrogens (tertiary/aromatic N) is 1. The van der Waals surface area contributed by atoms with Crippen molar-refractivity contribution in [3.8, 4) is 0 Å². The Labute approximate surface area is 134 Å². The number of carbonyl (C=O) groups is 3. The molecule has 1 rings (SSSR count). The van der Waals surface area contributed by atoms with Crippen molar-refractivity contribution in [1.29, 1.82) is 0 Å². The molecule has 1 heterocycles. The maximum Gasteiger partial charge on any atom is 0.326 e. The molecular weight excluding hydrogens is 308 g/mol. The summed E-state index contributed by atoms with van der Waals surface area (Å²) in [5.74, 6) is -1.14. The van der Waals surface area contributed by atoms with Gasteiger partial charge in [-0.15, -0.1) is 0 Å². The summed E-state index contributed by atoms with van der Waals surface area (Å²) in [6, 6.07) is -1.57. The van der Waals surface area contributed by atoms with Crippen LogP contribution in [0.1, 0.15) is 32.6 Å². The highest BCUT2D eigenvalue weighted by molar-refractivity contribution is 7.98. The first kappa shape index (κ1) is 18.8. The molecule has 1 saturated heterocycles. The van der Waals surface area contributed by atoms with E-state index in [1.165, 1.54) is 23.6 Å². The van der Waals surface area contributed by atoms with Crippen molar-refractivity contribution in [3.63, 3.8) is 0 Å². The number of aliphatic carboxylic acids is 1. The fraction of sp³-hybridized carbons (Fsp3) is 0.786. The van der Waals surface area contributed by atoms with E-state index in [9.17, 15) is 19.5 Å². The van der Waals surface area contributed by atoms with Gasteiger partial charge in [-0.1, -0.05) is 0 Å². The summed E-state index contributed by atoms with van der Waals surface area (Å²) in [6.07, 6.45) is 2.65. The monoisotopic (exact) mass is 332 g/mol. The Hall–Kier alpha value is -1.28. The zero-order valence-corrected chi connectivity index (χ0v) is 13.8. The Bertz CT molecular complexity index is 416. The van der Waals surface area contributed by atoms with E-state index in [1.54, 1.807) is 0 Å². The van der Waals surface area contributed by atoms with E-state index in [4.69, 9.17) is 5.11 Å². The first-order valence-electron chi connectivity index (χ1n) is 7.36. The Kier molecular flexibility index (Phi) is 7.67. The number of rotatable bonds is 8. The fourth-order valence-corrected chi connectivity index (χ4v) is 2.94. The summed E-state index contributed by atoms with van der Waals surface area (Å²) in [6.45, 7) is 1.98. The van der Waals surface area contributed by atoms with Crippen molar-refractivity contribution in [2.45, 2.75) is 50.8 Å². The van der Waals surface area contributed by atoms with Gasteiger partial charge in [0.1, 0.15) is 12.1 Å². The normalized spacial score (nSPS) is 20.5. The number of carboxylic acid groups (broad SMARTS) is 1. The quantitative estimate of drug-likeness (QED) is 0.581. The number of thioether (sulfide) groups is 1. The van der Waals surface area contributed by atoms with E-state index in [1.807, 2.05) is 6.26 Å². The first-order chi connectivity index (χ1) is 10.4.